The number of rotatable bonds is 8. The summed E-state index contributed by atoms with van der Waals surface area (Å²) in [6.07, 6.45) is -0.210. The Balaban J connectivity index is 2.33. The smallest absolute Gasteiger partial charge is 0.407 e. The third-order valence-corrected chi connectivity index (χ3v) is 2.69. The molecule has 0 spiro atoms. The van der Waals surface area contributed by atoms with Crippen molar-refractivity contribution in [3.63, 3.8) is 0 Å². The normalized spacial score (nSPS) is 10.2. The number of ether oxygens (including phenoxy) is 2. The van der Waals surface area contributed by atoms with Crippen molar-refractivity contribution in [1.82, 2.24) is 4.90 Å². The van der Waals surface area contributed by atoms with Crippen LogP contribution < -0.4 is 4.74 Å². The zero-order valence-electron chi connectivity index (χ0n) is 11.5. The van der Waals surface area contributed by atoms with Crippen LogP contribution in [0.3, 0.4) is 0 Å². The Morgan fingerprint density at radius 3 is 2.53 bits per heavy atom. The van der Waals surface area contributed by atoms with Gasteiger partial charge in [-0.25, -0.2) is 4.79 Å². The summed E-state index contributed by atoms with van der Waals surface area (Å²) in [6.45, 7) is 4.25. The Labute approximate surface area is 113 Å². The van der Waals surface area contributed by atoms with E-state index in [0.29, 0.717) is 32.8 Å². The second-order valence-electron chi connectivity index (χ2n) is 4.14. The molecule has 1 amide bonds. The van der Waals surface area contributed by atoms with E-state index in [0.717, 1.165) is 11.3 Å². The molecule has 0 atom stereocenters. The van der Waals surface area contributed by atoms with Gasteiger partial charge in [-0.1, -0.05) is 12.1 Å². The first kappa shape index (κ1) is 15.3. The molecule has 0 radical (unpaired) electrons. The lowest BCUT2D eigenvalue weighted by Crippen LogP contribution is -2.26. The molecule has 1 aromatic carbocycles. The van der Waals surface area contributed by atoms with E-state index in [-0.39, 0.29) is 0 Å². The maximum atomic E-state index is 10.6. The van der Waals surface area contributed by atoms with Gasteiger partial charge in [-0.2, -0.15) is 0 Å². The number of hydrogen-bond acceptors (Lipinski definition) is 3. The first-order valence-corrected chi connectivity index (χ1v) is 6.37. The SMILES string of the molecule is CCOCCOc1ccc(CCN(C)C(=O)O)cc1. The molecule has 0 saturated carbocycles. The van der Waals surface area contributed by atoms with Crippen LogP contribution in [0.4, 0.5) is 4.79 Å². The van der Waals surface area contributed by atoms with Crippen molar-refractivity contribution in [3.05, 3.63) is 29.8 Å². The molecule has 0 saturated heterocycles. The molecule has 0 aromatic heterocycles. The molecule has 5 heteroatoms. The summed E-state index contributed by atoms with van der Waals surface area (Å²) >= 11 is 0. The van der Waals surface area contributed by atoms with Crippen LogP contribution in [-0.2, 0) is 11.2 Å². The van der Waals surface area contributed by atoms with E-state index in [1.54, 1.807) is 7.05 Å². The molecule has 0 aliphatic rings. The van der Waals surface area contributed by atoms with Crippen LogP contribution in [0.1, 0.15) is 12.5 Å². The van der Waals surface area contributed by atoms with E-state index in [9.17, 15) is 4.79 Å². The molecule has 106 valence electrons. The molecule has 1 aromatic rings. The standard InChI is InChI=1S/C14H21NO4/c1-3-18-10-11-19-13-6-4-12(5-7-13)8-9-15(2)14(16)17/h4-7H,3,8-11H2,1-2H3,(H,16,17). The Morgan fingerprint density at radius 1 is 1.26 bits per heavy atom. The number of likely N-dealkylation sites (N-methyl/N-ethyl adjacent to an activating group) is 1. The minimum absolute atomic E-state index is 0.486. The van der Waals surface area contributed by atoms with Gasteiger partial charge in [0.15, 0.2) is 0 Å². The molecule has 19 heavy (non-hydrogen) atoms. The second-order valence-corrected chi connectivity index (χ2v) is 4.14. The van der Waals surface area contributed by atoms with Gasteiger partial charge in [0, 0.05) is 20.2 Å². The fourth-order valence-corrected chi connectivity index (χ4v) is 1.51. The highest BCUT2D eigenvalue weighted by Crippen LogP contribution is 2.12. The average molecular weight is 267 g/mol. The summed E-state index contributed by atoms with van der Waals surface area (Å²) in [5.41, 5.74) is 1.09. The summed E-state index contributed by atoms with van der Waals surface area (Å²) in [6, 6.07) is 7.68. The Morgan fingerprint density at radius 2 is 1.95 bits per heavy atom. The number of hydrogen-bond donors (Lipinski definition) is 1. The maximum Gasteiger partial charge on any atom is 0.407 e. The predicted molar refractivity (Wildman–Crippen MR) is 72.8 cm³/mol. The topological polar surface area (TPSA) is 59.0 Å². The van der Waals surface area contributed by atoms with Crippen molar-refractivity contribution in [2.75, 3.05) is 33.4 Å². The maximum absolute atomic E-state index is 10.6. The lowest BCUT2D eigenvalue weighted by atomic mass is 10.1. The number of nitrogens with zero attached hydrogens (tertiary/aromatic N) is 1. The molecule has 1 N–H and O–H groups in total. The van der Waals surface area contributed by atoms with Gasteiger partial charge >= 0.3 is 6.09 Å². The molecule has 5 nitrogen and oxygen atoms in total. The lowest BCUT2D eigenvalue weighted by Gasteiger charge is -2.12. The zero-order chi connectivity index (χ0) is 14.1. The average Bonchev–Trinajstić information content (AvgIpc) is 2.42. The predicted octanol–water partition coefficient (Wildman–Crippen LogP) is 2.25. The van der Waals surface area contributed by atoms with Gasteiger partial charge in [0.2, 0.25) is 0 Å². The third-order valence-electron chi connectivity index (χ3n) is 2.69. The van der Waals surface area contributed by atoms with Crippen molar-refractivity contribution >= 4 is 6.09 Å². The highest BCUT2D eigenvalue weighted by Gasteiger charge is 2.04. The molecule has 1 rings (SSSR count). The summed E-state index contributed by atoms with van der Waals surface area (Å²) in [5.74, 6) is 0.801. The monoisotopic (exact) mass is 267 g/mol. The third kappa shape index (κ3) is 6.10. The number of benzene rings is 1. The summed E-state index contributed by atoms with van der Waals surface area (Å²) in [7, 11) is 1.56. The van der Waals surface area contributed by atoms with E-state index in [4.69, 9.17) is 14.6 Å². The van der Waals surface area contributed by atoms with Crippen molar-refractivity contribution in [2.45, 2.75) is 13.3 Å². The van der Waals surface area contributed by atoms with Crippen LogP contribution in [0.2, 0.25) is 0 Å². The number of carbonyl (C=O) groups is 1. The fourth-order valence-electron chi connectivity index (χ4n) is 1.51. The summed E-state index contributed by atoms with van der Waals surface area (Å²) in [4.78, 5) is 11.9. The zero-order valence-corrected chi connectivity index (χ0v) is 11.5. The van der Waals surface area contributed by atoms with Crippen molar-refractivity contribution in [3.8, 4) is 5.75 Å². The van der Waals surface area contributed by atoms with Crippen LogP contribution >= 0.6 is 0 Å². The number of amides is 1. The van der Waals surface area contributed by atoms with Gasteiger partial charge in [-0.05, 0) is 31.0 Å². The minimum Gasteiger partial charge on any atom is -0.491 e. The van der Waals surface area contributed by atoms with Gasteiger partial charge in [-0.15, -0.1) is 0 Å². The molecule has 0 aliphatic carbocycles. The second kappa shape index (κ2) is 8.37. The van der Waals surface area contributed by atoms with E-state index in [2.05, 4.69) is 0 Å². The van der Waals surface area contributed by atoms with Crippen LogP contribution in [0.15, 0.2) is 24.3 Å². The molecule has 0 unspecified atom stereocenters. The van der Waals surface area contributed by atoms with E-state index in [1.807, 2.05) is 31.2 Å². The molecular weight excluding hydrogens is 246 g/mol. The van der Waals surface area contributed by atoms with Crippen molar-refractivity contribution in [2.24, 2.45) is 0 Å². The Hall–Kier alpha value is -1.75. The first-order chi connectivity index (χ1) is 9.13. The largest absolute Gasteiger partial charge is 0.491 e. The Bertz CT molecular complexity index is 378. The summed E-state index contributed by atoms with van der Waals surface area (Å²) < 4.78 is 10.7. The van der Waals surface area contributed by atoms with Crippen molar-refractivity contribution < 1.29 is 19.4 Å². The molecule has 0 bridgehead atoms. The quantitative estimate of drug-likeness (QED) is 0.734. The Kier molecular flexibility index (Phi) is 6.74. The fraction of sp³-hybridized carbons (Fsp3) is 0.500. The lowest BCUT2D eigenvalue weighted by molar-refractivity contribution is 0.110. The molecule has 0 fully saturated rings. The van der Waals surface area contributed by atoms with E-state index in [1.165, 1.54) is 4.90 Å². The van der Waals surface area contributed by atoms with Gasteiger partial charge in [-0.3, -0.25) is 0 Å². The van der Waals surface area contributed by atoms with Crippen molar-refractivity contribution in [1.29, 1.82) is 0 Å². The van der Waals surface area contributed by atoms with Gasteiger partial charge in [0.25, 0.3) is 0 Å². The van der Waals surface area contributed by atoms with E-state index >= 15 is 0 Å². The van der Waals surface area contributed by atoms with Gasteiger partial charge in [0.1, 0.15) is 12.4 Å². The van der Waals surface area contributed by atoms with Gasteiger partial charge < -0.3 is 19.5 Å². The van der Waals surface area contributed by atoms with Crippen LogP contribution in [0.25, 0.3) is 0 Å². The highest BCUT2D eigenvalue weighted by molar-refractivity contribution is 5.64. The highest BCUT2D eigenvalue weighted by atomic mass is 16.5. The summed E-state index contributed by atoms with van der Waals surface area (Å²) in [5, 5.41) is 8.74. The minimum atomic E-state index is -0.907. The first-order valence-electron chi connectivity index (χ1n) is 6.37. The molecule has 0 heterocycles. The van der Waals surface area contributed by atoms with Gasteiger partial charge in [0.05, 0.1) is 6.61 Å². The number of carboxylic acid groups (broad SMARTS) is 1. The van der Waals surface area contributed by atoms with Crippen LogP contribution in [-0.4, -0.2) is 49.5 Å². The van der Waals surface area contributed by atoms with E-state index < -0.39 is 6.09 Å². The molecule has 0 aliphatic heterocycles. The van der Waals surface area contributed by atoms with Crippen LogP contribution in [0, 0.1) is 0 Å². The molecular formula is C14H21NO4. The van der Waals surface area contributed by atoms with Crippen LogP contribution in [0.5, 0.6) is 5.75 Å².